The van der Waals surface area contributed by atoms with Gasteiger partial charge in [-0.1, -0.05) is 0 Å². The highest BCUT2D eigenvalue weighted by atomic mass is 19.4. The number of rotatable bonds is 3. The molecular weight excluding hydrogens is 283 g/mol. The molecule has 1 atom stereocenters. The summed E-state index contributed by atoms with van der Waals surface area (Å²) in [6, 6.07) is 3.12. The zero-order valence-corrected chi connectivity index (χ0v) is 11.5. The fourth-order valence-corrected chi connectivity index (χ4v) is 2.66. The van der Waals surface area contributed by atoms with Gasteiger partial charge in [0.25, 0.3) is 5.91 Å². The van der Waals surface area contributed by atoms with Gasteiger partial charge in [-0.2, -0.15) is 13.2 Å². The number of primary amides is 1. The predicted molar refractivity (Wildman–Crippen MR) is 74.0 cm³/mol. The second-order valence-corrected chi connectivity index (χ2v) is 5.28. The number of halogens is 3. The summed E-state index contributed by atoms with van der Waals surface area (Å²) < 4.78 is 38.2. The Bertz CT molecular complexity index is 531. The van der Waals surface area contributed by atoms with Crippen LogP contribution in [0.3, 0.4) is 0 Å². The van der Waals surface area contributed by atoms with Crippen molar-refractivity contribution in [3.8, 4) is 0 Å². The minimum atomic E-state index is -4.50. The molecule has 0 saturated carbocycles. The van der Waals surface area contributed by atoms with Crippen LogP contribution in [0.2, 0.25) is 0 Å². The maximum Gasteiger partial charge on any atom is 0.416 e. The number of benzene rings is 1. The molecule has 4 N–H and O–H groups in total. The first-order chi connectivity index (χ1) is 9.82. The third-order valence-electron chi connectivity index (χ3n) is 3.78. The lowest BCUT2D eigenvalue weighted by Gasteiger charge is -2.35. The van der Waals surface area contributed by atoms with Gasteiger partial charge < -0.3 is 16.4 Å². The Morgan fingerprint density at radius 3 is 2.67 bits per heavy atom. The van der Waals surface area contributed by atoms with Crippen molar-refractivity contribution in [1.29, 1.82) is 0 Å². The molecule has 1 fully saturated rings. The van der Waals surface area contributed by atoms with Crippen molar-refractivity contribution in [1.82, 2.24) is 0 Å². The van der Waals surface area contributed by atoms with E-state index in [0.29, 0.717) is 25.3 Å². The first-order valence-electron chi connectivity index (χ1n) is 6.79. The molecule has 1 heterocycles. The number of carbonyl (C=O) groups excluding carboxylic acids is 1. The van der Waals surface area contributed by atoms with Crippen LogP contribution in [-0.2, 0) is 6.18 Å². The molecule has 0 bridgehead atoms. The van der Waals surface area contributed by atoms with Gasteiger partial charge in [0.15, 0.2) is 0 Å². The van der Waals surface area contributed by atoms with Crippen LogP contribution in [0.1, 0.15) is 28.8 Å². The first kappa shape index (κ1) is 15.6. The van der Waals surface area contributed by atoms with Crippen LogP contribution >= 0.6 is 0 Å². The number of nitrogens with zero attached hydrogens (tertiary/aromatic N) is 1. The van der Waals surface area contributed by atoms with Crippen molar-refractivity contribution < 1.29 is 18.0 Å². The predicted octanol–water partition coefficient (Wildman–Crippen LogP) is 1.98. The molecular formula is C14H18F3N3O. The number of hydrogen-bond donors (Lipinski definition) is 2. The fourth-order valence-electron chi connectivity index (χ4n) is 2.66. The third-order valence-corrected chi connectivity index (χ3v) is 3.78. The van der Waals surface area contributed by atoms with Gasteiger partial charge in [0.2, 0.25) is 0 Å². The molecule has 1 amide bonds. The molecule has 1 aliphatic heterocycles. The van der Waals surface area contributed by atoms with Crippen molar-refractivity contribution >= 4 is 11.6 Å². The number of hydrogen-bond acceptors (Lipinski definition) is 3. The summed E-state index contributed by atoms with van der Waals surface area (Å²) >= 11 is 0. The van der Waals surface area contributed by atoms with Crippen LogP contribution in [0.4, 0.5) is 18.9 Å². The molecule has 7 heteroatoms. The van der Waals surface area contributed by atoms with Gasteiger partial charge in [-0.25, -0.2) is 0 Å². The molecule has 0 radical (unpaired) electrons. The molecule has 21 heavy (non-hydrogen) atoms. The van der Waals surface area contributed by atoms with Crippen LogP contribution in [-0.4, -0.2) is 25.5 Å². The Morgan fingerprint density at radius 2 is 2.10 bits per heavy atom. The van der Waals surface area contributed by atoms with Gasteiger partial charge >= 0.3 is 6.18 Å². The number of anilines is 1. The zero-order valence-electron chi connectivity index (χ0n) is 11.5. The summed E-state index contributed by atoms with van der Waals surface area (Å²) in [6.07, 6.45) is -2.62. The molecule has 116 valence electrons. The number of piperidine rings is 1. The van der Waals surface area contributed by atoms with Crippen LogP contribution in [0.15, 0.2) is 18.2 Å². The molecule has 1 aliphatic rings. The van der Waals surface area contributed by atoms with Crippen molar-refractivity contribution in [3.05, 3.63) is 29.3 Å². The standard InChI is InChI=1S/C14H18F3N3O/c15-14(16,17)10-3-4-12(11(6-10)13(19)21)20-5-1-2-9(7-18)8-20/h3-4,6,9H,1-2,5,7-8,18H2,(H2,19,21). The molecule has 1 aromatic rings. The monoisotopic (exact) mass is 301 g/mol. The number of amides is 1. The third kappa shape index (κ3) is 3.47. The van der Waals surface area contributed by atoms with E-state index in [2.05, 4.69) is 0 Å². The van der Waals surface area contributed by atoms with Crippen LogP contribution in [0.25, 0.3) is 0 Å². The lowest BCUT2D eigenvalue weighted by atomic mass is 9.96. The lowest BCUT2D eigenvalue weighted by molar-refractivity contribution is -0.137. The van der Waals surface area contributed by atoms with E-state index in [-0.39, 0.29) is 11.5 Å². The topological polar surface area (TPSA) is 72.3 Å². The van der Waals surface area contributed by atoms with Crippen LogP contribution in [0.5, 0.6) is 0 Å². The first-order valence-corrected chi connectivity index (χ1v) is 6.79. The van der Waals surface area contributed by atoms with Gasteiger partial charge in [0, 0.05) is 18.8 Å². The molecule has 1 unspecified atom stereocenters. The van der Waals surface area contributed by atoms with Crippen LogP contribution in [0, 0.1) is 5.92 Å². The minimum Gasteiger partial charge on any atom is -0.371 e. The van der Waals surface area contributed by atoms with Gasteiger partial charge in [-0.3, -0.25) is 4.79 Å². The van der Waals surface area contributed by atoms with E-state index in [1.165, 1.54) is 6.07 Å². The van der Waals surface area contributed by atoms with Crippen LogP contribution < -0.4 is 16.4 Å². The quantitative estimate of drug-likeness (QED) is 0.896. The van der Waals surface area contributed by atoms with E-state index in [9.17, 15) is 18.0 Å². The van der Waals surface area contributed by atoms with E-state index < -0.39 is 17.6 Å². The molecule has 0 spiro atoms. The van der Waals surface area contributed by atoms with E-state index >= 15 is 0 Å². The molecule has 4 nitrogen and oxygen atoms in total. The Labute approximate surface area is 120 Å². The van der Waals surface area contributed by atoms with E-state index in [4.69, 9.17) is 11.5 Å². The molecule has 1 aromatic carbocycles. The van der Waals surface area contributed by atoms with Crippen molar-refractivity contribution in [2.75, 3.05) is 24.5 Å². The smallest absolute Gasteiger partial charge is 0.371 e. The second kappa shape index (κ2) is 5.93. The Morgan fingerprint density at radius 1 is 1.38 bits per heavy atom. The maximum atomic E-state index is 12.7. The summed E-state index contributed by atoms with van der Waals surface area (Å²) in [5, 5.41) is 0. The lowest BCUT2D eigenvalue weighted by Crippen LogP contribution is -2.39. The van der Waals surface area contributed by atoms with Crippen molar-refractivity contribution in [2.24, 2.45) is 17.4 Å². The highest BCUT2D eigenvalue weighted by Crippen LogP contribution is 2.34. The molecule has 2 rings (SSSR count). The second-order valence-electron chi connectivity index (χ2n) is 5.28. The summed E-state index contributed by atoms with van der Waals surface area (Å²) in [5.74, 6) is -0.576. The van der Waals surface area contributed by atoms with E-state index in [1.807, 2.05) is 4.90 Å². The maximum absolute atomic E-state index is 12.7. The minimum absolute atomic E-state index is 0.0949. The summed E-state index contributed by atoms with van der Waals surface area (Å²) in [4.78, 5) is 13.4. The largest absolute Gasteiger partial charge is 0.416 e. The highest BCUT2D eigenvalue weighted by molar-refractivity contribution is 5.99. The normalized spacial score (nSPS) is 19.6. The Kier molecular flexibility index (Phi) is 4.41. The average molecular weight is 301 g/mol. The molecule has 0 aliphatic carbocycles. The van der Waals surface area contributed by atoms with E-state index in [0.717, 1.165) is 25.0 Å². The summed E-state index contributed by atoms with van der Waals surface area (Å²) in [5.41, 5.74) is 10.4. The number of alkyl halides is 3. The average Bonchev–Trinajstić information content (AvgIpc) is 2.45. The Hall–Kier alpha value is -1.76. The summed E-state index contributed by atoms with van der Waals surface area (Å²) in [7, 11) is 0. The van der Waals surface area contributed by atoms with Crippen molar-refractivity contribution in [3.63, 3.8) is 0 Å². The highest BCUT2D eigenvalue weighted by Gasteiger charge is 2.32. The summed E-state index contributed by atoms with van der Waals surface area (Å²) in [6.45, 7) is 1.83. The number of carbonyl (C=O) groups is 1. The van der Waals surface area contributed by atoms with Gasteiger partial charge in [-0.15, -0.1) is 0 Å². The fraction of sp³-hybridized carbons (Fsp3) is 0.500. The number of nitrogens with two attached hydrogens (primary N) is 2. The zero-order chi connectivity index (χ0) is 15.6. The van der Waals surface area contributed by atoms with Crippen molar-refractivity contribution in [2.45, 2.75) is 19.0 Å². The van der Waals surface area contributed by atoms with Gasteiger partial charge in [0.1, 0.15) is 0 Å². The van der Waals surface area contributed by atoms with Gasteiger partial charge in [0.05, 0.1) is 11.1 Å². The van der Waals surface area contributed by atoms with Gasteiger partial charge in [-0.05, 0) is 43.5 Å². The van der Waals surface area contributed by atoms with E-state index in [1.54, 1.807) is 0 Å². The molecule has 1 saturated heterocycles. The Balaban J connectivity index is 2.37. The molecule has 0 aromatic heterocycles. The SMILES string of the molecule is NCC1CCCN(c2ccc(C(F)(F)F)cc2C(N)=O)C1.